The molecule has 4 rings (SSSR count). The number of benzene rings is 2. The molecule has 2 aliphatic rings. The van der Waals surface area contributed by atoms with Crippen molar-refractivity contribution in [2.24, 2.45) is 23.3 Å². The summed E-state index contributed by atoms with van der Waals surface area (Å²) in [5.41, 5.74) is 11.0. The summed E-state index contributed by atoms with van der Waals surface area (Å²) < 4.78 is 61.7. The van der Waals surface area contributed by atoms with Crippen molar-refractivity contribution in [2.45, 2.75) is 113 Å². The van der Waals surface area contributed by atoms with Gasteiger partial charge in [-0.3, -0.25) is 24.0 Å². The molecule has 4 unspecified atom stereocenters. The minimum atomic E-state index is -3.52. The van der Waals surface area contributed by atoms with Crippen LogP contribution in [0.5, 0.6) is 0 Å². The van der Waals surface area contributed by atoms with Crippen LogP contribution >= 0.6 is 24.8 Å². The third-order valence-electron chi connectivity index (χ3n) is 10.9. The van der Waals surface area contributed by atoms with Crippen molar-refractivity contribution in [1.29, 1.82) is 0 Å². The standard InChI is InChI=1S/C20H28F2N4O4.C13H21F2NO5.C12H17N3O2.2ClH/c1-26(2)19(30)15(12-7-4-3-5-8-12)25-14(27)11-24-18(29)16(28)17(23)20(21,22)13-9-6-10-13;1-12(2,3)21-11(20)16-9(8(17)10(18)19)13(14,15)7-5-4-6-7;1-15(2)12(17)11(14-10(16)8-13)9-6-4-3-5-7-9;;/h3-5,7-8,13,15-17,28H,6,9-11,23H2,1-2H3,(H,24,29)(H,25,27);7-9,17H,4-6H2,1-3H3,(H,16,20)(H,18,19);3-7,11H,8,13H2,1-2H3,(H,14,16);2*1H/t15-,16?,17?;;11-;;/m0.0../s1. The minimum Gasteiger partial charge on any atom is -0.479 e. The van der Waals surface area contributed by atoms with Crippen LogP contribution in [0.1, 0.15) is 82.5 Å². The number of alkyl carbamates (subject to hydrolysis) is 1. The first-order chi connectivity index (χ1) is 31.6. The van der Waals surface area contributed by atoms with Crippen molar-refractivity contribution in [1.82, 2.24) is 31.1 Å². The molecule has 11 N–H and O–H groups in total. The zero-order valence-corrected chi connectivity index (χ0v) is 41.7. The van der Waals surface area contributed by atoms with Gasteiger partial charge in [-0.05, 0) is 57.6 Å². The molecule has 0 radical (unpaired) electrons. The van der Waals surface area contributed by atoms with Crippen LogP contribution in [0.4, 0.5) is 22.4 Å². The van der Waals surface area contributed by atoms with Gasteiger partial charge in [0, 0.05) is 40.0 Å². The van der Waals surface area contributed by atoms with Crippen molar-refractivity contribution in [3.63, 3.8) is 0 Å². The van der Waals surface area contributed by atoms with Gasteiger partial charge in [-0.15, -0.1) is 24.8 Å². The van der Waals surface area contributed by atoms with E-state index in [0.717, 1.165) is 5.56 Å². The van der Waals surface area contributed by atoms with E-state index in [0.29, 0.717) is 18.4 Å². The Balaban J connectivity index is 0.00000105. The highest BCUT2D eigenvalue weighted by Gasteiger charge is 2.55. The second-order valence-corrected chi connectivity index (χ2v) is 17.7. The Morgan fingerprint density at radius 3 is 1.43 bits per heavy atom. The van der Waals surface area contributed by atoms with Crippen LogP contribution in [0.2, 0.25) is 0 Å². The number of carbonyl (C=O) groups is 7. The fourth-order valence-corrected chi connectivity index (χ4v) is 6.54. The molecule has 0 spiro atoms. The van der Waals surface area contributed by atoms with E-state index in [-0.39, 0.29) is 74.8 Å². The molecule has 2 saturated carbocycles. The molecule has 70 heavy (non-hydrogen) atoms. The van der Waals surface area contributed by atoms with Crippen molar-refractivity contribution < 1.29 is 71.2 Å². The van der Waals surface area contributed by atoms with Gasteiger partial charge in [0.15, 0.2) is 12.2 Å². The molecule has 25 heteroatoms. The number of amides is 6. The SMILES string of the molecule is CC(C)(C)OC(=O)NC(C(O)C(=O)O)C(F)(F)C1CCC1.CN(C)C(=O)[C@@H](NC(=O)CN)c1ccccc1.CN(C)C(=O)[C@@H](NC(=O)CNC(=O)C(O)C(N)C(F)(F)C1CCC1)c1ccccc1.Cl.Cl. The fourth-order valence-electron chi connectivity index (χ4n) is 6.54. The van der Waals surface area contributed by atoms with Gasteiger partial charge in [0.2, 0.25) is 23.6 Å². The molecular weight excluding hydrogens is 975 g/mol. The number of likely N-dealkylation sites (N-methyl/N-ethyl adjacent to an activating group) is 2. The number of rotatable bonds is 18. The highest BCUT2D eigenvalue weighted by Crippen LogP contribution is 2.43. The van der Waals surface area contributed by atoms with Crippen LogP contribution in [-0.4, -0.2) is 150 Å². The maximum absolute atomic E-state index is 14.2. The van der Waals surface area contributed by atoms with Gasteiger partial charge >= 0.3 is 12.1 Å². The predicted octanol–water partition coefficient (Wildman–Crippen LogP) is 2.67. The molecule has 0 aliphatic heterocycles. The lowest BCUT2D eigenvalue weighted by Crippen LogP contribution is -2.61. The van der Waals surface area contributed by atoms with Crippen LogP contribution in [0.25, 0.3) is 0 Å². The number of halogens is 6. The summed E-state index contributed by atoms with van der Waals surface area (Å²) in [6.07, 6.45) is -3.46. The molecule has 2 aromatic rings. The van der Waals surface area contributed by atoms with Crippen LogP contribution in [0.15, 0.2) is 60.7 Å². The molecular formula is C45H68Cl2F4N8O11. The Morgan fingerprint density at radius 2 is 1.09 bits per heavy atom. The number of aliphatic carboxylic acids is 1. The van der Waals surface area contributed by atoms with Gasteiger partial charge in [0.1, 0.15) is 29.8 Å². The zero-order valence-electron chi connectivity index (χ0n) is 40.0. The van der Waals surface area contributed by atoms with Crippen LogP contribution in [-0.2, 0) is 33.5 Å². The first kappa shape index (κ1) is 64.7. The third kappa shape index (κ3) is 19.5. The highest BCUT2D eigenvalue weighted by atomic mass is 35.5. The Morgan fingerprint density at radius 1 is 0.686 bits per heavy atom. The number of nitrogens with one attached hydrogen (secondary N) is 4. The van der Waals surface area contributed by atoms with Gasteiger partial charge in [0.25, 0.3) is 17.8 Å². The van der Waals surface area contributed by atoms with Gasteiger partial charge in [-0.25, -0.2) is 27.2 Å². The molecule has 0 bridgehead atoms. The maximum atomic E-state index is 14.2. The van der Waals surface area contributed by atoms with E-state index in [4.69, 9.17) is 21.3 Å². The molecule has 2 aliphatic carbocycles. The second-order valence-electron chi connectivity index (χ2n) is 17.7. The van der Waals surface area contributed by atoms with Crippen molar-refractivity contribution in [3.8, 4) is 0 Å². The van der Waals surface area contributed by atoms with Gasteiger partial charge in [-0.1, -0.05) is 73.5 Å². The molecule has 0 saturated heterocycles. The number of nitrogens with two attached hydrogens (primary N) is 2. The number of carbonyl (C=O) groups excluding carboxylic acids is 6. The lowest BCUT2D eigenvalue weighted by Gasteiger charge is -2.39. The molecule has 396 valence electrons. The maximum Gasteiger partial charge on any atom is 0.408 e. The summed E-state index contributed by atoms with van der Waals surface area (Å²) in [6.45, 7) is 3.88. The third-order valence-corrected chi connectivity index (χ3v) is 10.9. The number of ether oxygens (including phenoxy) is 1. The lowest BCUT2D eigenvalue weighted by molar-refractivity contribution is -0.168. The van der Waals surface area contributed by atoms with Crippen LogP contribution < -0.4 is 32.7 Å². The Labute approximate surface area is 417 Å². The molecule has 0 heterocycles. The van der Waals surface area contributed by atoms with E-state index in [1.54, 1.807) is 82.6 Å². The topological polar surface area (TPSA) is 296 Å². The average molecular weight is 1040 g/mol. The molecule has 2 fully saturated rings. The molecule has 2 aromatic carbocycles. The van der Waals surface area contributed by atoms with E-state index in [2.05, 4.69) is 16.0 Å². The predicted molar refractivity (Wildman–Crippen MR) is 254 cm³/mol. The van der Waals surface area contributed by atoms with Crippen LogP contribution in [0.3, 0.4) is 0 Å². The Hall–Kier alpha value is -5.33. The Kier molecular flexibility index (Phi) is 26.9. The quantitative estimate of drug-likeness (QED) is 0.0973. The summed E-state index contributed by atoms with van der Waals surface area (Å²) >= 11 is 0. The summed E-state index contributed by atoms with van der Waals surface area (Å²) in [6, 6.07) is 11.6. The second kappa shape index (κ2) is 29.1. The first-order valence-electron chi connectivity index (χ1n) is 21.7. The highest BCUT2D eigenvalue weighted by molar-refractivity contribution is 5.92. The fraction of sp³-hybridized carbons (Fsp3) is 0.578. The molecule has 6 amide bonds. The Bertz CT molecular complexity index is 2000. The molecule has 0 aromatic heterocycles. The number of aliphatic hydroxyl groups excluding tert-OH is 2. The number of alkyl halides is 4. The number of carboxylic acid groups (broad SMARTS) is 1. The number of carboxylic acids is 1. The van der Waals surface area contributed by atoms with Crippen molar-refractivity contribution in [2.75, 3.05) is 41.3 Å². The van der Waals surface area contributed by atoms with Crippen LogP contribution in [0, 0.1) is 11.8 Å². The van der Waals surface area contributed by atoms with E-state index in [9.17, 15) is 61.3 Å². The normalized spacial score (nSPS) is 16.0. The van der Waals surface area contributed by atoms with E-state index < -0.39 is 96.1 Å². The molecule has 19 nitrogen and oxygen atoms in total. The van der Waals surface area contributed by atoms with E-state index in [1.807, 2.05) is 18.2 Å². The summed E-state index contributed by atoms with van der Waals surface area (Å²) in [4.78, 5) is 85.1. The largest absolute Gasteiger partial charge is 0.479 e. The number of hydrogen-bond acceptors (Lipinski definition) is 12. The monoisotopic (exact) mass is 1040 g/mol. The van der Waals surface area contributed by atoms with Gasteiger partial charge < -0.3 is 62.6 Å². The number of hydrogen-bond donors (Lipinski definition) is 9. The minimum absolute atomic E-state index is 0. The number of aliphatic hydroxyl groups is 2. The van der Waals surface area contributed by atoms with Gasteiger partial charge in [0.05, 0.1) is 13.1 Å². The van der Waals surface area contributed by atoms with E-state index in [1.165, 1.54) is 23.9 Å². The number of nitrogens with zero attached hydrogens (tertiary/aromatic N) is 2. The summed E-state index contributed by atoms with van der Waals surface area (Å²) in [5.74, 6) is -13.6. The average Bonchev–Trinajstić information content (AvgIpc) is 3.23. The lowest BCUT2D eigenvalue weighted by atomic mass is 9.76. The zero-order chi connectivity index (χ0) is 51.7. The first-order valence-corrected chi connectivity index (χ1v) is 21.7. The smallest absolute Gasteiger partial charge is 0.408 e. The van der Waals surface area contributed by atoms with E-state index >= 15 is 0 Å². The summed E-state index contributed by atoms with van der Waals surface area (Å²) in [7, 11) is 6.36. The van der Waals surface area contributed by atoms with Crippen molar-refractivity contribution in [3.05, 3.63) is 71.8 Å². The van der Waals surface area contributed by atoms with Gasteiger partial charge in [-0.2, -0.15) is 0 Å². The van der Waals surface area contributed by atoms with Crippen molar-refractivity contribution >= 4 is 66.4 Å². The summed E-state index contributed by atoms with van der Waals surface area (Å²) in [5, 5.41) is 37.2. The molecule has 6 atom stereocenters.